The summed E-state index contributed by atoms with van der Waals surface area (Å²) in [5, 5.41) is 11.9. The summed E-state index contributed by atoms with van der Waals surface area (Å²) in [7, 11) is -3.13. The predicted molar refractivity (Wildman–Crippen MR) is 533 cm³/mol. The van der Waals surface area contributed by atoms with Crippen LogP contribution in [0.5, 0.6) is 0 Å². The fourth-order valence-electron chi connectivity index (χ4n) is 17.8. The minimum atomic E-state index is -3.13. The first-order valence-corrected chi connectivity index (χ1v) is 45.2. The molecule has 23 aromatic rings. The number of hydrogen-bond acceptors (Lipinski definition) is 8. The molecule has 0 radical (unpaired) electrons. The molecule has 0 amide bonds. The Morgan fingerprint density at radius 1 is 0.189 bits per heavy atom. The van der Waals surface area contributed by atoms with Crippen LogP contribution >= 0.6 is 18.5 Å². The molecule has 0 spiro atoms. The number of benzene rings is 18. The van der Waals surface area contributed by atoms with Crippen LogP contribution in [0.3, 0.4) is 0 Å². The van der Waals surface area contributed by atoms with Gasteiger partial charge in [-0.1, -0.05) is 425 Å². The topological polar surface area (TPSA) is 94.4 Å². The standard InChI is InChI=1S/C59H40N3OP.C59H37N3S/c63-64(48-23-12-4-13-24-48,49-25-14-5-15-26-49)50-36-33-44(34-37-50)56-40-55(61-59(62-56)46-21-10-3-11-22-46)43-31-29-41(30-32-43)47-35-38-54-53(39-47)57-51(42-17-6-1-7-18-42)27-16-28-52(57)58(60-54)45-19-8-2-9-20-45;1-4-14-39(15-5-1)46-21-12-24-50-56(46)51-36-45(34-35-52(51)60-57(50)43-16-6-2-7-17-43)38-26-30-41(31-27-38)53-37-54(62-59(61-53)44-18-8-3-9-19-44)42-32-28-40(29-33-42)47-22-13-23-49-48-20-10-11-25-55(48)63-58(47)49/h1-40H;1-37H. The molecular weight excluding hydrogens is 1580 g/mol. The van der Waals surface area contributed by atoms with Crippen LogP contribution in [-0.2, 0) is 4.57 Å². The van der Waals surface area contributed by atoms with Crippen molar-refractivity contribution in [3.63, 3.8) is 0 Å². The lowest BCUT2D eigenvalue weighted by Gasteiger charge is -2.20. The zero-order chi connectivity index (χ0) is 84.6. The van der Waals surface area contributed by atoms with Gasteiger partial charge in [0.2, 0.25) is 0 Å². The van der Waals surface area contributed by atoms with Crippen molar-refractivity contribution in [1.29, 1.82) is 0 Å². The lowest BCUT2D eigenvalue weighted by atomic mass is 9.91. The monoisotopic (exact) mass is 1660 g/mol. The van der Waals surface area contributed by atoms with Crippen molar-refractivity contribution in [1.82, 2.24) is 29.9 Å². The van der Waals surface area contributed by atoms with E-state index in [4.69, 9.17) is 29.9 Å². The van der Waals surface area contributed by atoms with Gasteiger partial charge in [-0.25, -0.2) is 29.9 Å². The molecule has 0 atom stereocenters. The highest BCUT2D eigenvalue weighted by Crippen LogP contribution is 2.47. The van der Waals surface area contributed by atoms with Gasteiger partial charge in [0, 0.05) is 113 Å². The van der Waals surface area contributed by atoms with Gasteiger partial charge < -0.3 is 4.57 Å². The first-order chi connectivity index (χ1) is 62.8. The molecule has 5 aromatic heterocycles. The van der Waals surface area contributed by atoms with Crippen molar-refractivity contribution in [3.8, 4) is 146 Å². The third-order valence-electron chi connectivity index (χ3n) is 24.1. The highest BCUT2D eigenvalue weighted by molar-refractivity contribution is 7.85. The first kappa shape index (κ1) is 77.0. The molecule has 18 aromatic carbocycles. The van der Waals surface area contributed by atoms with Crippen LogP contribution in [0.4, 0.5) is 0 Å². The first-order valence-electron chi connectivity index (χ1n) is 42.7. The Hall–Kier alpha value is -16.1. The molecule has 0 aliphatic rings. The van der Waals surface area contributed by atoms with Crippen LogP contribution in [0, 0.1) is 0 Å². The van der Waals surface area contributed by atoms with Gasteiger partial charge in [-0.2, -0.15) is 0 Å². The molecule has 0 saturated carbocycles. The highest BCUT2D eigenvalue weighted by Gasteiger charge is 2.30. The van der Waals surface area contributed by atoms with E-state index in [9.17, 15) is 0 Å². The van der Waals surface area contributed by atoms with Crippen LogP contribution < -0.4 is 15.9 Å². The zero-order valence-electron chi connectivity index (χ0n) is 68.9. The summed E-state index contributed by atoms with van der Waals surface area (Å²) >= 11 is 1.86. The summed E-state index contributed by atoms with van der Waals surface area (Å²) < 4.78 is 17.7. The molecule has 0 saturated heterocycles. The van der Waals surface area contributed by atoms with Crippen molar-refractivity contribution >= 4 is 97.9 Å². The maximum Gasteiger partial charge on any atom is 0.171 e. The van der Waals surface area contributed by atoms with Crippen LogP contribution in [0.1, 0.15) is 0 Å². The Morgan fingerprint density at radius 2 is 0.480 bits per heavy atom. The molecule has 0 aliphatic heterocycles. The number of rotatable bonds is 16. The molecule has 9 heteroatoms. The Morgan fingerprint density at radius 3 is 0.882 bits per heavy atom. The highest BCUT2D eigenvalue weighted by atomic mass is 32.1. The fourth-order valence-corrected chi connectivity index (χ4v) is 21.6. The van der Waals surface area contributed by atoms with Crippen LogP contribution in [0.2, 0.25) is 0 Å². The summed E-state index contributed by atoms with van der Waals surface area (Å²) in [4.78, 5) is 31.1. The van der Waals surface area contributed by atoms with Crippen LogP contribution in [0.15, 0.2) is 467 Å². The second kappa shape index (κ2) is 33.6. The van der Waals surface area contributed by atoms with E-state index in [1.165, 1.54) is 64.3 Å². The molecule has 127 heavy (non-hydrogen) atoms. The van der Waals surface area contributed by atoms with Crippen molar-refractivity contribution in [3.05, 3.63) is 467 Å². The van der Waals surface area contributed by atoms with Crippen LogP contribution in [-0.4, -0.2) is 29.9 Å². The number of hydrogen-bond donors (Lipinski definition) is 0. The van der Waals surface area contributed by atoms with Gasteiger partial charge in [0.05, 0.1) is 45.2 Å². The summed E-state index contributed by atoms with van der Waals surface area (Å²) in [5.41, 5.74) is 26.9. The third kappa shape index (κ3) is 14.9. The van der Waals surface area contributed by atoms with E-state index < -0.39 is 7.14 Å². The van der Waals surface area contributed by atoms with Crippen molar-refractivity contribution in [2.45, 2.75) is 0 Å². The number of thiophene rings is 1. The van der Waals surface area contributed by atoms with E-state index in [2.05, 4.69) is 322 Å². The number of aromatic nitrogens is 6. The second-order valence-corrected chi connectivity index (χ2v) is 35.6. The molecule has 23 rings (SSSR count). The number of pyridine rings is 2. The van der Waals surface area contributed by atoms with E-state index in [-0.39, 0.29) is 0 Å². The van der Waals surface area contributed by atoms with E-state index in [1.54, 1.807) is 0 Å². The summed E-state index contributed by atoms with van der Waals surface area (Å²) in [6.45, 7) is 0. The molecule has 596 valence electrons. The molecular formula is C118H77N6OPS. The van der Waals surface area contributed by atoms with E-state index in [0.29, 0.717) is 11.6 Å². The van der Waals surface area contributed by atoms with Gasteiger partial charge in [-0.15, -0.1) is 11.3 Å². The maximum absolute atomic E-state index is 15.1. The third-order valence-corrected chi connectivity index (χ3v) is 28.4. The van der Waals surface area contributed by atoms with E-state index >= 15 is 4.57 Å². The molecule has 0 fully saturated rings. The maximum atomic E-state index is 15.1. The Labute approximate surface area is 740 Å². The zero-order valence-corrected chi connectivity index (χ0v) is 70.6. The van der Waals surface area contributed by atoms with Crippen molar-refractivity contribution < 1.29 is 4.57 Å². The van der Waals surface area contributed by atoms with Crippen molar-refractivity contribution in [2.75, 3.05) is 0 Å². The minimum Gasteiger partial charge on any atom is -0.309 e. The van der Waals surface area contributed by atoms with Gasteiger partial charge in [0.1, 0.15) is 0 Å². The molecule has 7 nitrogen and oxygen atoms in total. The Kier molecular flexibility index (Phi) is 20.4. The lowest BCUT2D eigenvalue weighted by Crippen LogP contribution is -2.24. The summed E-state index contributed by atoms with van der Waals surface area (Å²) in [6.07, 6.45) is 0. The molecule has 0 aliphatic carbocycles. The summed E-state index contributed by atoms with van der Waals surface area (Å²) in [6, 6.07) is 162. The molecule has 5 heterocycles. The Bertz CT molecular complexity index is 8030. The smallest absolute Gasteiger partial charge is 0.171 e. The summed E-state index contributed by atoms with van der Waals surface area (Å²) in [5.74, 6) is 1.34. The predicted octanol–water partition coefficient (Wildman–Crippen LogP) is 30.0. The van der Waals surface area contributed by atoms with E-state index in [1.807, 2.05) is 157 Å². The molecule has 0 N–H and O–H groups in total. The van der Waals surface area contributed by atoms with Gasteiger partial charge in [-0.3, -0.25) is 0 Å². The Balaban J connectivity index is 0.000000150. The van der Waals surface area contributed by atoms with Gasteiger partial charge in [-0.05, 0) is 98.1 Å². The second-order valence-electron chi connectivity index (χ2n) is 31.8. The van der Waals surface area contributed by atoms with Crippen molar-refractivity contribution in [2.24, 2.45) is 0 Å². The van der Waals surface area contributed by atoms with Crippen LogP contribution in [0.25, 0.3) is 209 Å². The molecule has 0 bridgehead atoms. The quantitative estimate of drug-likeness (QED) is 0.0702. The van der Waals surface area contributed by atoms with Gasteiger partial charge in [0.25, 0.3) is 0 Å². The average molecular weight is 1660 g/mol. The lowest BCUT2D eigenvalue weighted by molar-refractivity contribution is 0.592. The average Bonchev–Trinajstić information content (AvgIpc) is 1.56. The van der Waals surface area contributed by atoms with Gasteiger partial charge in [0.15, 0.2) is 18.8 Å². The normalized spacial score (nSPS) is 11.5. The minimum absolute atomic E-state index is 0.637. The fraction of sp³-hybridized carbons (Fsp3) is 0. The number of nitrogens with zero attached hydrogens (tertiary/aromatic N) is 6. The largest absolute Gasteiger partial charge is 0.309 e. The number of fused-ring (bicyclic) bond motifs is 9. The van der Waals surface area contributed by atoms with E-state index in [0.717, 1.165) is 149 Å². The SMILES string of the molecule is O=P(c1ccccc1)(c1ccccc1)c1ccc(-c2cc(-c3ccc(-c4ccc5nc(-c6ccccc6)c6cccc(-c7ccccc7)c6c5c4)cc3)nc(-c3ccccc3)n2)cc1.c1ccc(-c2nc(-c3ccc(-c4ccc5nc(-c6ccccc6)c6cccc(-c7ccccc7)c6c5c4)cc3)cc(-c3ccc(-c4cccc5c4sc4ccccc45)cc3)n2)cc1. The van der Waals surface area contributed by atoms with Gasteiger partial charge >= 0.3 is 0 Å². The molecule has 0 unspecified atom stereocenters.